The van der Waals surface area contributed by atoms with E-state index in [-0.39, 0.29) is 35.8 Å². The number of piperazine rings is 1. The smallest absolute Gasteiger partial charge is 0.276 e. The fraction of sp³-hybridized carbons (Fsp3) is 0.455. The van der Waals surface area contributed by atoms with E-state index in [4.69, 9.17) is 0 Å². The van der Waals surface area contributed by atoms with E-state index in [1.807, 2.05) is 6.92 Å². The van der Waals surface area contributed by atoms with Gasteiger partial charge in [-0.15, -0.1) is 12.4 Å². The molecule has 94 valence electrons. The second-order valence-electron chi connectivity index (χ2n) is 3.98. The molecule has 1 aliphatic rings. The summed E-state index contributed by atoms with van der Waals surface area (Å²) >= 11 is 0. The van der Waals surface area contributed by atoms with Crippen molar-refractivity contribution in [3.63, 3.8) is 0 Å². The molecule has 1 aliphatic heterocycles. The number of nitrogens with zero attached hydrogens (tertiary/aromatic N) is 2. The molecule has 0 radical (unpaired) electrons. The van der Waals surface area contributed by atoms with Crippen LogP contribution in [0.2, 0.25) is 0 Å². The average Bonchev–Trinajstić information content (AvgIpc) is 2.29. The summed E-state index contributed by atoms with van der Waals surface area (Å²) in [6.45, 7) is 4.10. The first-order chi connectivity index (χ1) is 7.68. The molecule has 2 N–H and O–H groups in total. The standard InChI is InChI=1S/C11H15N3O2.ClH/c1-8-7-14(6-5-12-8)11(16)10-9(15)3-2-4-13-10;/h2-4,8,12,15H,5-7H2,1H3;1H/t8-;/m0./s1. The lowest BCUT2D eigenvalue weighted by Gasteiger charge is -2.31. The maximum Gasteiger partial charge on any atom is 0.276 e. The molecule has 0 spiro atoms. The van der Waals surface area contributed by atoms with Crippen LogP contribution in [0.25, 0.3) is 0 Å². The molecule has 1 amide bonds. The van der Waals surface area contributed by atoms with Crippen LogP contribution in [0.4, 0.5) is 0 Å². The Bertz CT molecular complexity index is 400. The van der Waals surface area contributed by atoms with Gasteiger partial charge in [-0.3, -0.25) is 4.79 Å². The summed E-state index contributed by atoms with van der Waals surface area (Å²) in [5, 5.41) is 12.8. The molecule has 1 aromatic heterocycles. The number of carbonyl (C=O) groups is 1. The van der Waals surface area contributed by atoms with Crippen LogP contribution < -0.4 is 5.32 Å². The zero-order valence-corrected chi connectivity index (χ0v) is 10.4. The minimum Gasteiger partial charge on any atom is -0.505 e. The summed E-state index contributed by atoms with van der Waals surface area (Å²) in [5.74, 6) is -0.259. The lowest BCUT2D eigenvalue weighted by molar-refractivity contribution is 0.0700. The monoisotopic (exact) mass is 257 g/mol. The molecule has 0 bridgehead atoms. The van der Waals surface area contributed by atoms with Gasteiger partial charge in [-0.05, 0) is 19.1 Å². The molecule has 0 aromatic carbocycles. The van der Waals surface area contributed by atoms with E-state index in [0.717, 1.165) is 6.54 Å². The fourth-order valence-corrected chi connectivity index (χ4v) is 1.83. The van der Waals surface area contributed by atoms with E-state index in [2.05, 4.69) is 10.3 Å². The SMILES string of the molecule is C[C@H]1CN(C(=O)c2ncccc2O)CCN1.Cl. The maximum absolute atomic E-state index is 12.0. The van der Waals surface area contributed by atoms with Crippen molar-refractivity contribution >= 4 is 18.3 Å². The molecule has 0 aliphatic carbocycles. The number of hydrogen-bond acceptors (Lipinski definition) is 4. The summed E-state index contributed by atoms with van der Waals surface area (Å²) in [5.41, 5.74) is 0.136. The summed E-state index contributed by atoms with van der Waals surface area (Å²) < 4.78 is 0. The molecule has 1 fully saturated rings. The molecule has 5 nitrogen and oxygen atoms in total. The van der Waals surface area contributed by atoms with Crippen molar-refractivity contribution < 1.29 is 9.90 Å². The van der Waals surface area contributed by atoms with Gasteiger partial charge >= 0.3 is 0 Å². The Hall–Kier alpha value is -1.33. The molecule has 1 aromatic rings. The molecule has 1 atom stereocenters. The number of rotatable bonds is 1. The minimum absolute atomic E-state index is 0. The van der Waals surface area contributed by atoms with Gasteiger partial charge in [-0.2, -0.15) is 0 Å². The van der Waals surface area contributed by atoms with Crippen molar-refractivity contribution in [1.82, 2.24) is 15.2 Å². The van der Waals surface area contributed by atoms with E-state index in [1.54, 1.807) is 11.0 Å². The van der Waals surface area contributed by atoms with Crippen LogP contribution in [-0.2, 0) is 0 Å². The van der Waals surface area contributed by atoms with Crippen molar-refractivity contribution in [2.75, 3.05) is 19.6 Å². The molecular weight excluding hydrogens is 242 g/mol. The molecule has 17 heavy (non-hydrogen) atoms. The van der Waals surface area contributed by atoms with E-state index in [1.165, 1.54) is 12.3 Å². The Labute approximate surface area is 106 Å². The van der Waals surface area contributed by atoms with Gasteiger partial charge in [-0.25, -0.2) is 4.98 Å². The largest absolute Gasteiger partial charge is 0.505 e. The van der Waals surface area contributed by atoms with Gasteiger partial charge in [0.25, 0.3) is 5.91 Å². The number of aromatic hydroxyl groups is 1. The van der Waals surface area contributed by atoms with Crippen LogP contribution in [0.3, 0.4) is 0 Å². The topological polar surface area (TPSA) is 65.5 Å². The number of aromatic nitrogens is 1. The lowest BCUT2D eigenvalue weighted by Crippen LogP contribution is -2.51. The first-order valence-electron chi connectivity index (χ1n) is 5.35. The lowest BCUT2D eigenvalue weighted by atomic mass is 10.2. The normalized spacial score (nSPS) is 19.6. The Balaban J connectivity index is 0.00000144. The van der Waals surface area contributed by atoms with Crippen LogP contribution in [0, 0.1) is 0 Å². The van der Waals surface area contributed by atoms with Gasteiger partial charge in [0.05, 0.1) is 0 Å². The predicted octanol–water partition coefficient (Wildman–Crippen LogP) is 0.643. The van der Waals surface area contributed by atoms with Crippen molar-refractivity contribution in [1.29, 1.82) is 0 Å². The van der Waals surface area contributed by atoms with E-state index < -0.39 is 0 Å². The number of nitrogens with one attached hydrogen (secondary N) is 1. The van der Waals surface area contributed by atoms with E-state index >= 15 is 0 Å². The second kappa shape index (κ2) is 5.84. The van der Waals surface area contributed by atoms with Crippen LogP contribution in [0.5, 0.6) is 5.75 Å². The van der Waals surface area contributed by atoms with Gasteiger partial charge in [0.15, 0.2) is 5.69 Å². The zero-order valence-electron chi connectivity index (χ0n) is 9.59. The third-order valence-electron chi connectivity index (χ3n) is 2.64. The first kappa shape index (κ1) is 13.7. The Morgan fingerprint density at radius 3 is 3.06 bits per heavy atom. The highest BCUT2D eigenvalue weighted by Crippen LogP contribution is 2.15. The highest BCUT2D eigenvalue weighted by molar-refractivity contribution is 5.94. The molecule has 1 saturated heterocycles. The number of hydrogen-bond donors (Lipinski definition) is 2. The number of pyridine rings is 1. The number of halogens is 1. The van der Waals surface area contributed by atoms with Crippen molar-refractivity contribution in [3.05, 3.63) is 24.0 Å². The van der Waals surface area contributed by atoms with Gasteiger partial charge in [0.1, 0.15) is 5.75 Å². The first-order valence-corrected chi connectivity index (χ1v) is 5.35. The minimum atomic E-state index is -0.202. The van der Waals surface area contributed by atoms with Gasteiger partial charge in [-0.1, -0.05) is 0 Å². The second-order valence-corrected chi connectivity index (χ2v) is 3.98. The van der Waals surface area contributed by atoms with Gasteiger partial charge in [0, 0.05) is 31.9 Å². The van der Waals surface area contributed by atoms with E-state index in [9.17, 15) is 9.90 Å². The van der Waals surface area contributed by atoms with E-state index in [0.29, 0.717) is 13.1 Å². The van der Waals surface area contributed by atoms with Crippen LogP contribution in [-0.4, -0.2) is 46.6 Å². The number of carbonyl (C=O) groups excluding carboxylic acids is 1. The van der Waals surface area contributed by atoms with Gasteiger partial charge < -0.3 is 15.3 Å². The summed E-state index contributed by atoms with van der Waals surface area (Å²) in [6.07, 6.45) is 1.51. The van der Waals surface area contributed by atoms with Crippen LogP contribution >= 0.6 is 12.4 Å². The average molecular weight is 258 g/mol. The quantitative estimate of drug-likeness (QED) is 0.775. The summed E-state index contributed by atoms with van der Waals surface area (Å²) in [6, 6.07) is 3.36. The molecule has 2 rings (SSSR count). The molecule has 0 unspecified atom stereocenters. The summed E-state index contributed by atoms with van der Waals surface area (Å²) in [4.78, 5) is 17.7. The number of amides is 1. The maximum atomic E-state index is 12.0. The Kier molecular flexibility index (Phi) is 4.72. The van der Waals surface area contributed by atoms with Crippen molar-refractivity contribution in [3.8, 4) is 5.75 Å². The van der Waals surface area contributed by atoms with Crippen molar-refractivity contribution in [2.45, 2.75) is 13.0 Å². The highest BCUT2D eigenvalue weighted by atomic mass is 35.5. The molecule has 2 heterocycles. The highest BCUT2D eigenvalue weighted by Gasteiger charge is 2.24. The van der Waals surface area contributed by atoms with Gasteiger partial charge in [0.2, 0.25) is 0 Å². The fourth-order valence-electron chi connectivity index (χ4n) is 1.83. The Morgan fingerprint density at radius 1 is 1.65 bits per heavy atom. The zero-order chi connectivity index (χ0) is 11.5. The van der Waals surface area contributed by atoms with Crippen LogP contribution in [0.15, 0.2) is 18.3 Å². The summed E-state index contributed by atoms with van der Waals surface area (Å²) in [7, 11) is 0. The third kappa shape index (κ3) is 3.08. The predicted molar refractivity (Wildman–Crippen MR) is 66.5 cm³/mol. The Morgan fingerprint density at radius 2 is 2.41 bits per heavy atom. The molecular formula is C11H16ClN3O2. The van der Waals surface area contributed by atoms with Crippen LogP contribution in [0.1, 0.15) is 17.4 Å². The van der Waals surface area contributed by atoms with Crippen molar-refractivity contribution in [2.24, 2.45) is 0 Å². The molecule has 0 saturated carbocycles. The third-order valence-corrected chi connectivity index (χ3v) is 2.64. The molecule has 6 heteroatoms.